The number of carbonyl (C=O) groups is 1. The summed E-state index contributed by atoms with van der Waals surface area (Å²) in [6.07, 6.45) is 1.65. The Morgan fingerprint density at radius 1 is 1.32 bits per heavy atom. The maximum Gasteiger partial charge on any atom is 0.277 e. The Labute approximate surface area is 109 Å². The van der Waals surface area contributed by atoms with E-state index in [0.29, 0.717) is 17.1 Å². The second-order valence-corrected chi connectivity index (χ2v) is 3.91. The fourth-order valence-corrected chi connectivity index (χ4v) is 1.66. The van der Waals surface area contributed by atoms with Gasteiger partial charge in [-0.3, -0.25) is 9.89 Å². The molecule has 90 valence electrons. The number of anilines is 1. The number of carbonyl (C=O) groups excluding carboxylic acids is 1. The molecular weight excluding hydrogens is 241 g/mol. The minimum absolute atomic E-state index is 0.209. The first kappa shape index (κ1) is 11.4. The van der Waals surface area contributed by atoms with Crippen molar-refractivity contribution < 1.29 is 4.79 Å². The Morgan fingerprint density at radius 3 is 3.00 bits per heavy atom. The van der Waals surface area contributed by atoms with Crippen molar-refractivity contribution in [2.75, 3.05) is 5.32 Å². The van der Waals surface area contributed by atoms with Crippen LogP contribution in [0.15, 0.2) is 36.5 Å². The maximum absolute atomic E-state index is 11.9. The van der Waals surface area contributed by atoms with E-state index in [4.69, 9.17) is 7.85 Å². The van der Waals surface area contributed by atoms with Crippen molar-refractivity contribution in [2.45, 2.75) is 0 Å². The average molecular weight is 249 g/mol. The molecule has 2 N–H and O–H groups in total. The van der Waals surface area contributed by atoms with E-state index in [1.54, 1.807) is 12.3 Å². The minimum Gasteiger partial charge on any atom is -0.305 e. The van der Waals surface area contributed by atoms with Crippen molar-refractivity contribution in [1.82, 2.24) is 20.2 Å². The van der Waals surface area contributed by atoms with E-state index >= 15 is 0 Å². The van der Waals surface area contributed by atoms with Crippen molar-refractivity contribution >= 4 is 36.2 Å². The number of pyridine rings is 2. The summed E-state index contributed by atoms with van der Waals surface area (Å²) in [5.41, 5.74) is 1.11. The third kappa shape index (κ3) is 2.30. The number of aromatic amines is 1. The molecule has 3 heterocycles. The van der Waals surface area contributed by atoms with E-state index < -0.39 is 0 Å². The SMILES string of the molecule is [B]c1cc(C(=O)Nc2ccc3cccnc3n2)n[nH]1. The number of hydrogen-bond acceptors (Lipinski definition) is 4. The highest BCUT2D eigenvalue weighted by molar-refractivity contribution is 6.31. The number of nitrogens with one attached hydrogen (secondary N) is 2. The molecule has 0 aromatic carbocycles. The van der Waals surface area contributed by atoms with Crippen LogP contribution in [0.2, 0.25) is 0 Å². The molecule has 3 aromatic rings. The number of aromatic nitrogens is 4. The van der Waals surface area contributed by atoms with Gasteiger partial charge in [-0.25, -0.2) is 9.97 Å². The number of amides is 1. The summed E-state index contributed by atoms with van der Waals surface area (Å²) < 4.78 is 0. The summed E-state index contributed by atoms with van der Waals surface area (Å²) in [5.74, 6) is 0.0357. The largest absolute Gasteiger partial charge is 0.305 e. The maximum atomic E-state index is 11.9. The fourth-order valence-electron chi connectivity index (χ4n) is 1.66. The van der Waals surface area contributed by atoms with Gasteiger partial charge in [0.15, 0.2) is 5.65 Å². The molecular formula is C12H8BN5O. The van der Waals surface area contributed by atoms with Crippen LogP contribution in [0.4, 0.5) is 5.82 Å². The van der Waals surface area contributed by atoms with Gasteiger partial charge in [-0.2, -0.15) is 5.10 Å². The first-order chi connectivity index (χ1) is 9.22. The van der Waals surface area contributed by atoms with Gasteiger partial charge < -0.3 is 5.32 Å². The van der Waals surface area contributed by atoms with Crippen LogP contribution < -0.4 is 10.9 Å². The summed E-state index contributed by atoms with van der Waals surface area (Å²) in [4.78, 5) is 20.2. The predicted octanol–water partition coefficient (Wildman–Crippen LogP) is 0.399. The van der Waals surface area contributed by atoms with Gasteiger partial charge in [0.25, 0.3) is 5.91 Å². The molecule has 0 unspecified atom stereocenters. The number of nitrogens with zero attached hydrogens (tertiary/aromatic N) is 3. The van der Waals surface area contributed by atoms with Gasteiger partial charge in [-0.05, 0) is 35.9 Å². The predicted molar refractivity (Wildman–Crippen MR) is 71.5 cm³/mol. The fraction of sp³-hybridized carbons (Fsp3) is 0. The lowest BCUT2D eigenvalue weighted by atomic mass is 10.1. The van der Waals surface area contributed by atoms with Crippen LogP contribution in [0.3, 0.4) is 0 Å². The highest BCUT2D eigenvalue weighted by Crippen LogP contribution is 2.12. The van der Waals surface area contributed by atoms with Gasteiger partial charge >= 0.3 is 0 Å². The molecule has 7 heteroatoms. The summed E-state index contributed by atoms with van der Waals surface area (Å²) in [6, 6.07) is 8.72. The molecule has 2 radical (unpaired) electrons. The summed E-state index contributed by atoms with van der Waals surface area (Å²) in [5, 5.41) is 9.81. The van der Waals surface area contributed by atoms with Crippen LogP contribution in [0, 0.1) is 0 Å². The Morgan fingerprint density at radius 2 is 2.21 bits per heavy atom. The molecule has 3 rings (SSSR count). The zero-order valence-electron chi connectivity index (χ0n) is 9.79. The Hall–Kier alpha value is -2.70. The molecule has 1 amide bonds. The van der Waals surface area contributed by atoms with E-state index in [1.807, 2.05) is 18.2 Å². The Bertz CT molecular complexity index is 754. The summed E-state index contributed by atoms with van der Waals surface area (Å²) in [7, 11) is 5.46. The summed E-state index contributed by atoms with van der Waals surface area (Å²) in [6.45, 7) is 0. The zero-order chi connectivity index (χ0) is 13.2. The standard InChI is InChI=1S/C12H8BN5O/c13-9-6-8(17-18-9)12(19)16-10-4-3-7-2-1-5-14-11(7)15-10/h1-6H,(H,17,18)(H,14,15,16,19). The van der Waals surface area contributed by atoms with Gasteiger partial charge in [-0.1, -0.05) is 0 Å². The van der Waals surface area contributed by atoms with Gasteiger partial charge in [0.2, 0.25) is 0 Å². The number of hydrogen-bond donors (Lipinski definition) is 2. The van der Waals surface area contributed by atoms with Crippen LogP contribution in [0.1, 0.15) is 10.5 Å². The number of fused-ring (bicyclic) bond motifs is 1. The topological polar surface area (TPSA) is 83.6 Å². The highest BCUT2D eigenvalue weighted by Gasteiger charge is 2.10. The molecule has 0 aliphatic heterocycles. The molecule has 3 aromatic heterocycles. The van der Waals surface area contributed by atoms with Crippen molar-refractivity contribution in [3.05, 3.63) is 42.2 Å². The van der Waals surface area contributed by atoms with Gasteiger partial charge in [-0.15, -0.1) is 0 Å². The molecule has 0 aliphatic rings. The molecule has 0 fully saturated rings. The zero-order valence-corrected chi connectivity index (χ0v) is 9.79. The minimum atomic E-state index is -0.379. The first-order valence-corrected chi connectivity index (χ1v) is 5.56. The van der Waals surface area contributed by atoms with E-state index in [9.17, 15) is 4.79 Å². The van der Waals surface area contributed by atoms with Crippen LogP contribution in [0.5, 0.6) is 0 Å². The molecule has 0 atom stereocenters. The van der Waals surface area contributed by atoms with Crippen LogP contribution in [-0.4, -0.2) is 33.9 Å². The van der Waals surface area contributed by atoms with Crippen LogP contribution in [-0.2, 0) is 0 Å². The number of rotatable bonds is 2. The summed E-state index contributed by atoms with van der Waals surface area (Å²) >= 11 is 0. The van der Waals surface area contributed by atoms with Gasteiger partial charge in [0.1, 0.15) is 19.4 Å². The Balaban J connectivity index is 1.87. The first-order valence-electron chi connectivity index (χ1n) is 5.56. The number of H-pyrrole nitrogens is 1. The Kier molecular flexibility index (Phi) is 2.72. The second kappa shape index (κ2) is 4.53. The van der Waals surface area contributed by atoms with Crippen molar-refractivity contribution in [3.63, 3.8) is 0 Å². The van der Waals surface area contributed by atoms with Crippen molar-refractivity contribution in [3.8, 4) is 0 Å². The van der Waals surface area contributed by atoms with Gasteiger partial charge in [0, 0.05) is 11.6 Å². The second-order valence-electron chi connectivity index (χ2n) is 3.91. The highest BCUT2D eigenvalue weighted by atomic mass is 16.2. The van der Waals surface area contributed by atoms with Crippen LogP contribution >= 0.6 is 0 Å². The van der Waals surface area contributed by atoms with Gasteiger partial charge in [0.05, 0.1) is 0 Å². The van der Waals surface area contributed by atoms with E-state index in [2.05, 4.69) is 25.5 Å². The lowest BCUT2D eigenvalue weighted by Gasteiger charge is -2.03. The molecule has 0 bridgehead atoms. The quantitative estimate of drug-likeness (QED) is 0.644. The molecule has 0 aliphatic carbocycles. The van der Waals surface area contributed by atoms with Crippen molar-refractivity contribution in [2.24, 2.45) is 0 Å². The molecule has 0 saturated carbocycles. The van der Waals surface area contributed by atoms with E-state index in [0.717, 1.165) is 5.39 Å². The normalized spacial score (nSPS) is 10.5. The lowest BCUT2D eigenvalue weighted by molar-refractivity contribution is 0.102. The van der Waals surface area contributed by atoms with E-state index in [-0.39, 0.29) is 11.6 Å². The molecule has 19 heavy (non-hydrogen) atoms. The van der Waals surface area contributed by atoms with Crippen LogP contribution in [0.25, 0.3) is 11.0 Å². The molecule has 0 saturated heterocycles. The van der Waals surface area contributed by atoms with Crippen molar-refractivity contribution in [1.29, 1.82) is 0 Å². The monoisotopic (exact) mass is 249 g/mol. The lowest BCUT2D eigenvalue weighted by Crippen LogP contribution is -2.13. The third-order valence-electron chi connectivity index (χ3n) is 2.54. The molecule has 6 nitrogen and oxygen atoms in total. The average Bonchev–Trinajstić information content (AvgIpc) is 2.85. The third-order valence-corrected chi connectivity index (χ3v) is 2.54. The molecule has 0 spiro atoms. The van der Waals surface area contributed by atoms with E-state index in [1.165, 1.54) is 6.07 Å². The smallest absolute Gasteiger partial charge is 0.277 e.